The van der Waals surface area contributed by atoms with Gasteiger partial charge in [0, 0.05) is 12.1 Å². The Labute approximate surface area is 163 Å². The van der Waals surface area contributed by atoms with E-state index in [1.54, 1.807) is 0 Å². The number of alkyl halides is 3. The maximum atomic E-state index is 12.0. The number of carbonyl (C=O) groups excluding carboxylic acids is 1. The molecular formula is C16H22Cl3N3OS. The number of nitrogens with one attached hydrogen (secondary N) is 3. The van der Waals surface area contributed by atoms with E-state index in [4.69, 9.17) is 47.0 Å². The van der Waals surface area contributed by atoms with Crippen LogP contribution in [0.15, 0.2) is 18.2 Å². The Bertz CT molecular complexity index is 603. The second-order valence-corrected chi connectivity index (χ2v) is 8.83. The van der Waals surface area contributed by atoms with E-state index in [1.807, 2.05) is 45.9 Å². The van der Waals surface area contributed by atoms with E-state index in [0.29, 0.717) is 6.42 Å². The van der Waals surface area contributed by atoms with E-state index in [0.717, 1.165) is 16.8 Å². The van der Waals surface area contributed by atoms with Crippen LogP contribution in [0.3, 0.4) is 0 Å². The van der Waals surface area contributed by atoms with E-state index in [1.165, 1.54) is 0 Å². The van der Waals surface area contributed by atoms with Crippen molar-refractivity contribution in [3.05, 3.63) is 29.3 Å². The lowest BCUT2D eigenvalue weighted by atomic mass is 10.1. The van der Waals surface area contributed by atoms with Crippen LogP contribution in [0.5, 0.6) is 0 Å². The van der Waals surface area contributed by atoms with E-state index in [2.05, 4.69) is 16.0 Å². The SMILES string of the molecule is Cc1ccc(C)c(NC(=S)NC(NC(=O)CC(C)C)C(Cl)(Cl)Cl)c1. The van der Waals surface area contributed by atoms with Gasteiger partial charge in [-0.2, -0.15) is 0 Å². The Balaban J connectivity index is 2.77. The lowest BCUT2D eigenvalue weighted by Crippen LogP contribution is -2.56. The Hall–Kier alpha value is -0.750. The molecular weight excluding hydrogens is 389 g/mol. The zero-order valence-electron chi connectivity index (χ0n) is 14.0. The van der Waals surface area contributed by atoms with E-state index in [9.17, 15) is 4.79 Å². The summed E-state index contributed by atoms with van der Waals surface area (Å²) in [4.78, 5) is 12.0. The monoisotopic (exact) mass is 409 g/mol. The van der Waals surface area contributed by atoms with Crippen molar-refractivity contribution in [2.75, 3.05) is 5.32 Å². The Morgan fingerprint density at radius 3 is 2.38 bits per heavy atom. The molecule has 0 aliphatic carbocycles. The molecule has 8 heteroatoms. The number of hydrogen-bond donors (Lipinski definition) is 3. The molecule has 0 bridgehead atoms. The zero-order chi connectivity index (χ0) is 18.5. The minimum Gasteiger partial charge on any atom is -0.339 e. The van der Waals surface area contributed by atoms with Gasteiger partial charge in [-0.25, -0.2) is 0 Å². The van der Waals surface area contributed by atoms with Gasteiger partial charge in [0.05, 0.1) is 0 Å². The lowest BCUT2D eigenvalue weighted by molar-refractivity contribution is -0.122. The van der Waals surface area contributed by atoms with Gasteiger partial charge in [-0.05, 0) is 49.2 Å². The first kappa shape index (κ1) is 21.3. The molecule has 3 N–H and O–H groups in total. The summed E-state index contributed by atoms with van der Waals surface area (Å²) in [7, 11) is 0. The summed E-state index contributed by atoms with van der Waals surface area (Å²) < 4.78 is -1.75. The van der Waals surface area contributed by atoms with Gasteiger partial charge in [0.1, 0.15) is 6.17 Å². The number of carbonyl (C=O) groups is 1. The number of anilines is 1. The van der Waals surface area contributed by atoms with Crippen molar-refractivity contribution in [3.8, 4) is 0 Å². The summed E-state index contributed by atoms with van der Waals surface area (Å²) in [6, 6.07) is 5.95. The molecule has 0 aliphatic rings. The maximum Gasteiger partial charge on any atom is 0.228 e. The number of halogens is 3. The highest BCUT2D eigenvalue weighted by Gasteiger charge is 2.34. The Morgan fingerprint density at radius 2 is 1.83 bits per heavy atom. The van der Waals surface area contributed by atoms with Gasteiger partial charge in [0.15, 0.2) is 5.11 Å². The van der Waals surface area contributed by atoms with Crippen LogP contribution in [0.1, 0.15) is 31.4 Å². The fourth-order valence-electron chi connectivity index (χ4n) is 1.95. The average Bonchev–Trinajstić information content (AvgIpc) is 2.40. The van der Waals surface area contributed by atoms with Gasteiger partial charge < -0.3 is 16.0 Å². The highest BCUT2D eigenvalue weighted by molar-refractivity contribution is 7.80. The fraction of sp³-hybridized carbons (Fsp3) is 0.500. The zero-order valence-corrected chi connectivity index (χ0v) is 17.1. The molecule has 1 unspecified atom stereocenters. The third kappa shape index (κ3) is 7.43. The number of hydrogen-bond acceptors (Lipinski definition) is 2. The molecule has 0 radical (unpaired) electrons. The molecule has 1 amide bonds. The molecule has 134 valence electrons. The number of rotatable bonds is 5. The highest BCUT2D eigenvalue weighted by Crippen LogP contribution is 2.29. The van der Waals surface area contributed by atoms with Crippen molar-refractivity contribution < 1.29 is 4.79 Å². The smallest absolute Gasteiger partial charge is 0.228 e. The second-order valence-electron chi connectivity index (χ2n) is 6.06. The van der Waals surface area contributed by atoms with Gasteiger partial charge in [0.25, 0.3) is 0 Å². The van der Waals surface area contributed by atoms with Crippen LogP contribution in [-0.2, 0) is 4.79 Å². The number of benzene rings is 1. The third-order valence-corrected chi connectivity index (χ3v) is 4.02. The minimum absolute atomic E-state index is 0.195. The van der Waals surface area contributed by atoms with Crippen molar-refractivity contribution in [2.24, 2.45) is 5.92 Å². The van der Waals surface area contributed by atoms with Crippen molar-refractivity contribution >= 4 is 63.7 Å². The molecule has 1 rings (SSSR count). The maximum absolute atomic E-state index is 12.0. The van der Waals surface area contributed by atoms with Crippen molar-refractivity contribution in [3.63, 3.8) is 0 Å². The summed E-state index contributed by atoms with van der Waals surface area (Å²) in [6.07, 6.45) is -0.616. The molecule has 1 atom stereocenters. The summed E-state index contributed by atoms with van der Waals surface area (Å²) in [5, 5.41) is 8.82. The van der Waals surface area contributed by atoms with Gasteiger partial charge in [-0.3, -0.25) is 4.79 Å². The standard InChI is InChI=1S/C16H22Cl3N3OS/c1-9(2)7-13(23)21-14(16(17,18)19)22-15(24)20-12-8-10(3)5-6-11(12)4/h5-6,8-9,14H,7H2,1-4H3,(H,21,23)(H2,20,22,24). The molecule has 1 aromatic carbocycles. The van der Waals surface area contributed by atoms with Crippen molar-refractivity contribution in [1.82, 2.24) is 10.6 Å². The quantitative estimate of drug-likeness (QED) is 0.381. The Morgan fingerprint density at radius 1 is 1.21 bits per heavy atom. The fourth-order valence-corrected chi connectivity index (χ4v) is 2.51. The molecule has 0 fully saturated rings. The minimum atomic E-state index is -1.75. The number of thiocarbonyl (C=S) groups is 1. The summed E-state index contributed by atoms with van der Waals surface area (Å²) in [6.45, 7) is 7.81. The predicted octanol–water partition coefficient (Wildman–Crippen LogP) is 4.45. The van der Waals surface area contributed by atoms with Crippen LogP contribution in [0, 0.1) is 19.8 Å². The molecule has 1 aromatic rings. The topological polar surface area (TPSA) is 53.2 Å². The van der Waals surface area contributed by atoms with Crippen LogP contribution >= 0.6 is 47.0 Å². The van der Waals surface area contributed by atoms with Crippen LogP contribution in [0.25, 0.3) is 0 Å². The molecule has 0 aromatic heterocycles. The van der Waals surface area contributed by atoms with Crippen molar-refractivity contribution in [1.29, 1.82) is 0 Å². The van der Waals surface area contributed by atoms with Gasteiger partial charge >= 0.3 is 0 Å². The number of amides is 1. The van der Waals surface area contributed by atoms with Crippen LogP contribution < -0.4 is 16.0 Å². The first-order chi connectivity index (χ1) is 11.0. The van der Waals surface area contributed by atoms with E-state index >= 15 is 0 Å². The Kier molecular flexibility index (Phi) is 8.06. The summed E-state index contributed by atoms with van der Waals surface area (Å²) in [5.74, 6) is -0.0237. The van der Waals surface area contributed by atoms with E-state index in [-0.39, 0.29) is 16.9 Å². The van der Waals surface area contributed by atoms with Gasteiger partial charge in [-0.15, -0.1) is 0 Å². The highest BCUT2D eigenvalue weighted by atomic mass is 35.6. The second kappa shape index (κ2) is 9.09. The largest absolute Gasteiger partial charge is 0.339 e. The molecule has 24 heavy (non-hydrogen) atoms. The predicted molar refractivity (Wildman–Crippen MR) is 107 cm³/mol. The summed E-state index contributed by atoms with van der Waals surface area (Å²) in [5.41, 5.74) is 2.97. The average molecular weight is 411 g/mol. The first-order valence-corrected chi connectivity index (χ1v) is 9.04. The molecule has 0 heterocycles. The van der Waals surface area contributed by atoms with Gasteiger partial charge in [-0.1, -0.05) is 60.8 Å². The molecule has 0 saturated heterocycles. The lowest BCUT2D eigenvalue weighted by Gasteiger charge is -2.28. The molecule has 4 nitrogen and oxygen atoms in total. The third-order valence-electron chi connectivity index (χ3n) is 3.14. The molecule has 0 spiro atoms. The number of aryl methyl sites for hydroxylation is 2. The normalized spacial score (nSPS) is 12.7. The van der Waals surface area contributed by atoms with Crippen LogP contribution in [0.2, 0.25) is 0 Å². The van der Waals surface area contributed by atoms with Crippen LogP contribution in [0.4, 0.5) is 5.69 Å². The summed E-state index contributed by atoms with van der Waals surface area (Å²) >= 11 is 23.1. The van der Waals surface area contributed by atoms with Gasteiger partial charge in [0.2, 0.25) is 9.70 Å². The van der Waals surface area contributed by atoms with Crippen LogP contribution in [-0.4, -0.2) is 21.0 Å². The van der Waals surface area contributed by atoms with E-state index < -0.39 is 9.96 Å². The molecule has 0 aliphatic heterocycles. The first-order valence-electron chi connectivity index (χ1n) is 7.50. The molecule has 0 saturated carbocycles. The van der Waals surface area contributed by atoms with Crippen molar-refractivity contribution in [2.45, 2.75) is 44.1 Å².